The van der Waals surface area contributed by atoms with Crippen LogP contribution in [0, 0.1) is 11.3 Å². The molecule has 1 atom stereocenters. The van der Waals surface area contributed by atoms with Crippen LogP contribution in [0.1, 0.15) is 13.3 Å². The molecule has 0 aromatic rings. The van der Waals surface area contributed by atoms with Gasteiger partial charge in [0, 0.05) is 0 Å². The number of alkyl halides is 2. The van der Waals surface area contributed by atoms with Crippen LogP contribution in [0.25, 0.3) is 0 Å². The third kappa shape index (κ3) is 4.88. The third-order valence-corrected chi connectivity index (χ3v) is 1.65. The number of carbonyl (C=O) groups excluding carboxylic acids is 1. The molecule has 0 saturated carbocycles. The molecule has 0 rings (SSSR count). The summed E-state index contributed by atoms with van der Waals surface area (Å²) in [7, 11) is 0. The molecule has 0 N–H and O–H groups in total. The molecular weight excluding hydrogens is 189 g/mol. The molecule has 0 saturated heterocycles. The summed E-state index contributed by atoms with van der Waals surface area (Å²) in [5, 5.41) is 6.88. The molecule has 0 amide bonds. The summed E-state index contributed by atoms with van der Waals surface area (Å²) in [4.78, 5) is 10.6. The molecule has 62 valence electrons. The van der Waals surface area contributed by atoms with Crippen LogP contribution in [0.2, 0.25) is 0 Å². The van der Waals surface area contributed by atoms with Crippen molar-refractivity contribution in [2.45, 2.75) is 18.4 Å². The average molecular weight is 196 g/mol. The van der Waals surface area contributed by atoms with Gasteiger partial charge in [-0.25, -0.2) is 0 Å². The normalized spacial score (nSPS) is 14.7. The van der Waals surface area contributed by atoms with E-state index in [0.29, 0.717) is 0 Å². The van der Waals surface area contributed by atoms with Gasteiger partial charge >= 0.3 is 5.97 Å². The van der Waals surface area contributed by atoms with Crippen LogP contribution in [-0.4, -0.2) is 16.9 Å². The van der Waals surface area contributed by atoms with E-state index in [4.69, 9.17) is 28.5 Å². The van der Waals surface area contributed by atoms with Crippen LogP contribution >= 0.6 is 23.2 Å². The largest absolute Gasteiger partial charge is 0.441 e. The highest BCUT2D eigenvalue weighted by Gasteiger charge is 2.23. The van der Waals surface area contributed by atoms with Gasteiger partial charge in [-0.15, -0.1) is 11.6 Å². The van der Waals surface area contributed by atoms with Crippen molar-refractivity contribution in [3.8, 4) is 6.07 Å². The summed E-state index contributed by atoms with van der Waals surface area (Å²) < 4.78 is 4.60. The lowest BCUT2D eigenvalue weighted by Crippen LogP contribution is -2.26. The summed E-state index contributed by atoms with van der Waals surface area (Å²) in [6.07, 6.45) is -0.306. The van der Waals surface area contributed by atoms with Crippen LogP contribution in [0.15, 0.2) is 0 Å². The van der Waals surface area contributed by atoms with Crippen LogP contribution < -0.4 is 0 Å². The molecule has 11 heavy (non-hydrogen) atoms. The number of ether oxygens (including phenoxy) is 1. The highest BCUT2D eigenvalue weighted by Crippen LogP contribution is 2.18. The summed E-state index contributed by atoms with van der Waals surface area (Å²) in [6, 6.07) is 1.64. The molecule has 0 heterocycles. The summed E-state index contributed by atoms with van der Waals surface area (Å²) in [5.41, 5.74) is 0. The molecule has 0 aliphatic carbocycles. The van der Waals surface area contributed by atoms with Crippen molar-refractivity contribution in [2.75, 3.05) is 5.88 Å². The standard InChI is InChI=1S/C6H7Cl2NO2/c1-6(8,4-7)11-5(10)2-3-9/h2,4H2,1H3. The van der Waals surface area contributed by atoms with Crippen molar-refractivity contribution in [1.29, 1.82) is 5.26 Å². The maximum absolute atomic E-state index is 10.6. The van der Waals surface area contributed by atoms with Gasteiger partial charge in [0.05, 0.1) is 11.9 Å². The number of hydrogen-bond donors (Lipinski definition) is 0. The van der Waals surface area contributed by atoms with E-state index in [-0.39, 0.29) is 12.3 Å². The van der Waals surface area contributed by atoms with E-state index in [0.717, 1.165) is 0 Å². The number of rotatable bonds is 3. The highest BCUT2D eigenvalue weighted by atomic mass is 35.5. The van der Waals surface area contributed by atoms with Gasteiger partial charge in [0.2, 0.25) is 0 Å². The van der Waals surface area contributed by atoms with Gasteiger partial charge in [-0.05, 0) is 6.92 Å². The average Bonchev–Trinajstić information content (AvgIpc) is 1.87. The maximum atomic E-state index is 10.6. The molecule has 3 nitrogen and oxygen atoms in total. The lowest BCUT2D eigenvalue weighted by molar-refractivity contribution is -0.148. The zero-order chi connectivity index (χ0) is 8.91. The first-order chi connectivity index (χ1) is 5.02. The van der Waals surface area contributed by atoms with Crippen LogP contribution in [0.3, 0.4) is 0 Å². The second kappa shape index (κ2) is 4.42. The summed E-state index contributed by atoms with van der Waals surface area (Å²) >= 11 is 10.9. The van der Waals surface area contributed by atoms with Crippen LogP contribution in [0.5, 0.6) is 0 Å². The summed E-state index contributed by atoms with van der Waals surface area (Å²) in [6.45, 7) is 1.46. The van der Waals surface area contributed by atoms with E-state index in [9.17, 15) is 4.79 Å². The van der Waals surface area contributed by atoms with Crippen molar-refractivity contribution in [3.63, 3.8) is 0 Å². The van der Waals surface area contributed by atoms with E-state index in [1.165, 1.54) is 6.92 Å². The Morgan fingerprint density at radius 2 is 2.36 bits per heavy atom. The predicted octanol–water partition coefficient (Wildman–Crippen LogP) is 1.64. The Labute approximate surface area is 74.8 Å². The van der Waals surface area contributed by atoms with Crippen molar-refractivity contribution in [1.82, 2.24) is 0 Å². The van der Waals surface area contributed by atoms with Gasteiger partial charge < -0.3 is 4.74 Å². The number of nitrogens with zero attached hydrogens (tertiary/aromatic N) is 1. The van der Waals surface area contributed by atoms with Gasteiger partial charge in [0.1, 0.15) is 6.42 Å². The van der Waals surface area contributed by atoms with Crippen LogP contribution in [-0.2, 0) is 9.53 Å². The van der Waals surface area contributed by atoms with Gasteiger partial charge in [0.25, 0.3) is 0 Å². The minimum absolute atomic E-state index is 0.00821. The first-order valence-corrected chi connectivity index (χ1v) is 3.77. The zero-order valence-electron chi connectivity index (χ0n) is 5.93. The van der Waals surface area contributed by atoms with Crippen LogP contribution in [0.4, 0.5) is 0 Å². The Morgan fingerprint density at radius 1 is 1.82 bits per heavy atom. The molecule has 0 aromatic carbocycles. The third-order valence-electron chi connectivity index (χ3n) is 0.789. The molecule has 5 heteroatoms. The van der Waals surface area contributed by atoms with Gasteiger partial charge in [-0.3, -0.25) is 4.79 Å². The molecule has 0 fully saturated rings. The van der Waals surface area contributed by atoms with E-state index in [1.54, 1.807) is 6.07 Å². The fraction of sp³-hybridized carbons (Fsp3) is 0.667. The van der Waals surface area contributed by atoms with E-state index in [2.05, 4.69) is 4.74 Å². The van der Waals surface area contributed by atoms with Crippen molar-refractivity contribution in [2.24, 2.45) is 0 Å². The van der Waals surface area contributed by atoms with E-state index < -0.39 is 11.0 Å². The predicted molar refractivity (Wildman–Crippen MR) is 41.3 cm³/mol. The number of carbonyl (C=O) groups is 1. The number of halogens is 2. The van der Waals surface area contributed by atoms with Gasteiger partial charge in [-0.1, -0.05) is 11.6 Å². The second-order valence-electron chi connectivity index (χ2n) is 2.04. The topological polar surface area (TPSA) is 50.1 Å². The Bertz CT molecular complexity index is 186. The molecule has 0 aliphatic heterocycles. The first-order valence-electron chi connectivity index (χ1n) is 2.85. The molecule has 0 bridgehead atoms. The van der Waals surface area contributed by atoms with Crippen molar-refractivity contribution in [3.05, 3.63) is 0 Å². The lowest BCUT2D eigenvalue weighted by Gasteiger charge is -2.18. The maximum Gasteiger partial charge on any atom is 0.321 e. The van der Waals surface area contributed by atoms with E-state index >= 15 is 0 Å². The first kappa shape index (κ1) is 10.5. The van der Waals surface area contributed by atoms with Crippen molar-refractivity contribution < 1.29 is 9.53 Å². The van der Waals surface area contributed by atoms with Gasteiger partial charge in [-0.2, -0.15) is 5.26 Å². The molecule has 0 spiro atoms. The number of nitriles is 1. The number of esters is 1. The second-order valence-corrected chi connectivity index (χ2v) is 3.11. The minimum atomic E-state index is -1.20. The fourth-order valence-electron chi connectivity index (χ4n) is 0.365. The molecule has 0 aliphatic rings. The molecule has 0 radical (unpaired) electrons. The summed E-state index contributed by atoms with van der Waals surface area (Å²) in [5.74, 6) is -0.670. The minimum Gasteiger partial charge on any atom is -0.441 e. The van der Waals surface area contributed by atoms with Crippen molar-refractivity contribution >= 4 is 29.2 Å². The Morgan fingerprint density at radius 3 is 2.73 bits per heavy atom. The zero-order valence-corrected chi connectivity index (χ0v) is 7.45. The Balaban J connectivity index is 3.86. The monoisotopic (exact) mass is 195 g/mol. The fourth-order valence-corrected chi connectivity index (χ4v) is 0.506. The quantitative estimate of drug-likeness (QED) is 0.509. The Hall–Kier alpha value is -0.460. The highest BCUT2D eigenvalue weighted by molar-refractivity contribution is 6.30. The van der Waals surface area contributed by atoms with E-state index in [1.807, 2.05) is 0 Å². The molecular formula is C6H7Cl2NO2. The van der Waals surface area contributed by atoms with Gasteiger partial charge in [0.15, 0.2) is 5.06 Å². The molecule has 0 aromatic heterocycles. The Kier molecular flexibility index (Phi) is 4.24. The number of hydrogen-bond acceptors (Lipinski definition) is 3. The smallest absolute Gasteiger partial charge is 0.321 e. The molecule has 1 unspecified atom stereocenters. The SMILES string of the molecule is CC(Cl)(CCl)OC(=O)CC#N. The lowest BCUT2D eigenvalue weighted by atomic mass is 10.4.